The molecule has 0 radical (unpaired) electrons. The van der Waals surface area contributed by atoms with Crippen LogP contribution in [0.1, 0.15) is 17.9 Å². The predicted molar refractivity (Wildman–Crippen MR) is 101 cm³/mol. The summed E-state index contributed by atoms with van der Waals surface area (Å²) in [5.74, 6) is -1.73. The molecule has 0 spiro atoms. The van der Waals surface area contributed by atoms with E-state index in [0.717, 1.165) is 12.1 Å². The topological polar surface area (TPSA) is 62.4 Å². The zero-order valence-corrected chi connectivity index (χ0v) is 15.4. The lowest BCUT2D eigenvalue weighted by atomic mass is 9.85. The summed E-state index contributed by atoms with van der Waals surface area (Å²) in [6.07, 6.45) is 0.492. The molecule has 3 N–H and O–H groups in total. The Balaban J connectivity index is 1.76. The van der Waals surface area contributed by atoms with Gasteiger partial charge in [-0.15, -0.1) is 0 Å². The second-order valence-electron chi connectivity index (χ2n) is 6.32. The maximum absolute atomic E-state index is 14.5. The molecule has 2 amide bonds. The normalized spacial score (nSPS) is 19.4. The molecule has 1 heterocycles. The van der Waals surface area contributed by atoms with E-state index in [1.54, 1.807) is 24.3 Å². The Bertz CT molecular complexity index is 794. The fraction of sp³-hybridized carbons (Fsp3) is 0.316. The minimum absolute atomic E-state index is 0.0332. The highest BCUT2D eigenvalue weighted by atomic mass is 35.5. The first-order valence-corrected chi connectivity index (χ1v) is 8.92. The van der Waals surface area contributed by atoms with Gasteiger partial charge in [-0.25, -0.2) is 13.6 Å². The van der Waals surface area contributed by atoms with E-state index in [-0.39, 0.29) is 11.3 Å². The summed E-state index contributed by atoms with van der Waals surface area (Å²) < 4.78 is 33.9. The van der Waals surface area contributed by atoms with E-state index in [0.29, 0.717) is 30.2 Å². The van der Waals surface area contributed by atoms with Crippen molar-refractivity contribution in [1.29, 1.82) is 0 Å². The van der Waals surface area contributed by atoms with Gasteiger partial charge in [0, 0.05) is 40.9 Å². The zero-order valence-electron chi connectivity index (χ0n) is 14.7. The van der Waals surface area contributed by atoms with Gasteiger partial charge in [-0.05, 0) is 37.2 Å². The first kappa shape index (κ1) is 19.4. The van der Waals surface area contributed by atoms with Crippen LogP contribution in [-0.2, 0) is 0 Å². The molecule has 1 aliphatic rings. The van der Waals surface area contributed by atoms with E-state index in [2.05, 4.69) is 16.0 Å². The van der Waals surface area contributed by atoms with Crippen molar-refractivity contribution in [3.63, 3.8) is 0 Å². The molecule has 0 saturated carbocycles. The van der Waals surface area contributed by atoms with Gasteiger partial charge < -0.3 is 20.7 Å². The number of benzene rings is 2. The van der Waals surface area contributed by atoms with Crippen LogP contribution in [0.15, 0.2) is 36.4 Å². The SMILES string of the molecule is COc1cc(F)c([C@H]2CCNC[C@@H]2NC(=O)Nc2ccc(Cl)cc2)c(F)c1. The van der Waals surface area contributed by atoms with Crippen LogP contribution in [0, 0.1) is 11.6 Å². The van der Waals surface area contributed by atoms with Crippen molar-refractivity contribution in [2.24, 2.45) is 0 Å². The molecule has 2 atom stereocenters. The Kier molecular flexibility index (Phi) is 6.13. The highest BCUT2D eigenvalue weighted by Gasteiger charge is 2.32. The average molecular weight is 396 g/mol. The van der Waals surface area contributed by atoms with Gasteiger partial charge in [0.2, 0.25) is 0 Å². The molecule has 0 aliphatic carbocycles. The number of nitrogens with one attached hydrogen (secondary N) is 3. The maximum Gasteiger partial charge on any atom is 0.319 e. The van der Waals surface area contributed by atoms with E-state index in [9.17, 15) is 13.6 Å². The third-order valence-electron chi connectivity index (χ3n) is 4.56. The van der Waals surface area contributed by atoms with Crippen LogP contribution in [0.3, 0.4) is 0 Å². The monoisotopic (exact) mass is 395 g/mol. The summed E-state index contributed by atoms with van der Waals surface area (Å²) in [7, 11) is 1.35. The van der Waals surface area contributed by atoms with Crippen molar-refractivity contribution in [1.82, 2.24) is 10.6 Å². The second kappa shape index (κ2) is 8.54. The van der Waals surface area contributed by atoms with Crippen LogP contribution in [0.2, 0.25) is 5.02 Å². The number of carbonyl (C=O) groups excluding carboxylic acids is 1. The van der Waals surface area contributed by atoms with Gasteiger partial charge in [-0.2, -0.15) is 0 Å². The molecule has 2 aromatic rings. The summed E-state index contributed by atoms with van der Waals surface area (Å²) in [5, 5.41) is 9.20. The van der Waals surface area contributed by atoms with Gasteiger partial charge >= 0.3 is 6.03 Å². The summed E-state index contributed by atoms with van der Waals surface area (Å²) in [6, 6.07) is 8.04. The van der Waals surface area contributed by atoms with Crippen LogP contribution >= 0.6 is 11.6 Å². The van der Waals surface area contributed by atoms with Crippen molar-refractivity contribution in [2.45, 2.75) is 18.4 Å². The number of amides is 2. The number of urea groups is 1. The Labute approximate surface area is 161 Å². The lowest BCUT2D eigenvalue weighted by Gasteiger charge is -2.33. The number of halogens is 3. The van der Waals surface area contributed by atoms with E-state index in [1.165, 1.54) is 7.11 Å². The molecule has 1 saturated heterocycles. The summed E-state index contributed by atoms with van der Waals surface area (Å²) in [6.45, 7) is 1.01. The largest absolute Gasteiger partial charge is 0.497 e. The van der Waals surface area contributed by atoms with Gasteiger partial charge in [0.05, 0.1) is 13.2 Å². The minimum Gasteiger partial charge on any atom is -0.497 e. The van der Waals surface area contributed by atoms with Crippen molar-refractivity contribution in [3.05, 3.63) is 58.6 Å². The third kappa shape index (κ3) is 4.67. The highest BCUT2D eigenvalue weighted by Crippen LogP contribution is 2.32. The fourth-order valence-electron chi connectivity index (χ4n) is 3.26. The summed E-state index contributed by atoms with van der Waals surface area (Å²) in [5.41, 5.74) is 0.535. The van der Waals surface area contributed by atoms with Crippen LogP contribution in [0.5, 0.6) is 5.75 Å². The maximum atomic E-state index is 14.5. The van der Waals surface area contributed by atoms with Crippen LogP contribution < -0.4 is 20.7 Å². The summed E-state index contributed by atoms with van der Waals surface area (Å²) in [4.78, 5) is 12.3. The molecule has 144 valence electrons. The number of piperidine rings is 1. The Morgan fingerprint density at radius 1 is 1.22 bits per heavy atom. The van der Waals surface area contributed by atoms with Crippen molar-refractivity contribution in [2.75, 3.05) is 25.5 Å². The molecular formula is C19H20ClF2N3O2. The average Bonchev–Trinajstić information content (AvgIpc) is 2.64. The van der Waals surface area contributed by atoms with Gasteiger partial charge in [0.1, 0.15) is 17.4 Å². The molecule has 2 aromatic carbocycles. The molecule has 5 nitrogen and oxygen atoms in total. The van der Waals surface area contributed by atoms with Crippen molar-refractivity contribution < 1.29 is 18.3 Å². The Morgan fingerprint density at radius 2 is 1.89 bits per heavy atom. The smallest absolute Gasteiger partial charge is 0.319 e. The lowest BCUT2D eigenvalue weighted by molar-refractivity contribution is 0.241. The predicted octanol–water partition coefficient (Wildman–Crippen LogP) is 3.89. The number of carbonyl (C=O) groups is 1. The molecule has 1 fully saturated rings. The Hall–Kier alpha value is -2.38. The molecule has 27 heavy (non-hydrogen) atoms. The number of hydrogen-bond acceptors (Lipinski definition) is 3. The van der Waals surface area contributed by atoms with Gasteiger partial charge in [0.25, 0.3) is 0 Å². The van der Waals surface area contributed by atoms with E-state index < -0.39 is 29.6 Å². The number of ether oxygens (including phenoxy) is 1. The van der Waals surface area contributed by atoms with Gasteiger partial charge in [-0.3, -0.25) is 0 Å². The van der Waals surface area contributed by atoms with Crippen LogP contribution in [0.4, 0.5) is 19.3 Å². The molecular weight excluding hydrogens is 376 g/mol. The molecule has 0 aromatic heterocycles. The molecule has 0 bridgehead atoms. The van der Waals surface area contributed by atoms with Crippen LogP contribution in [0.25, 0.3) is 0 Å². The van der Waals surface area contributed by atoms with Crippen molar-refractivity contribution >= 4 is 23.3 Å². The standard InChI is InChI=1S/C19H20ClF2N3O2/c1-27-13-8-15(21)18(16(22)9-13)14-6-7-23-10-17(14)25-19(26)24-12-4-2-11(20)3-5-12/h2-5,8-9,14,17,23H,6-7,10H2,1H3,(H2,24,25,26)/t14-,17-/m0/s1. The highest BCUT2D eigenvalue weighted by molar-refractivity contribution is 6.30. The summed E-state index contributed by atoms with van der Waals surface area (Å²) >= 11 is 5.83. The quantitative estimate of drug-likeness (QED) is 0.736. The van der Waals surface area contributed by atoms with Crippen molar-refractivity contribution in [3.8, 4) is 5.75 Å². The molecule has 1 aliphatic heterocycles. The van der Waals surface area contributed by atoms with Gasteiger partial charge in [-0.1, -0.05) is 11.6 Å². The molecule has 3 rings (SSSR count). The fourth-order valence-corrected chi connectivity index (χ4v) is 3.38. The Morgan fingerprint density at radius 3 is 2.52 bits per heavy atom. The van der Waals surface area contributed by atoms with Crippen LogP contribution in [-0.4, -0.2) is 32.3 Å². The number of rotatable bonds is 4. The molecule has 8 heteroatoms. The minimum atomic E-state index is -0.677. The molecule has 0 unspecified atom stereocenters. The zero-order chi connectivity index (χ0) is 19.4. The van der Waals surface area contributed by atoms with E-state index in [4.69, 9.17) is 16.3 Å². The van der Waals surface area contributed by atoms with E-state index >= 15 is 0 Å². The van der Waals surface area contributed by atoms with Gasteiger partial charge in [0.15, 0.2) is 0 Å². The lowest BCUT2D eigenvalue weighted by Crippen LogP contribution is -2.51. The number of methoxy groups -OCH3 is 1. The first-order valence-electron chi connectivity index (χ1n) is 8.54. The second-order valence-corrected chi connectivity index (χ2v) is 6.75. The number of hydrogen-bond donors (Lipinski definition) is 3. The number of anilines is 1. The third-order valence-corrected chi connectivity index (χ3v) is 4.81. The van der Waals surface area contributed by atoms with E-state index in [1.807, 2.05) is 0 Å². The first-order chi connectivity index (χ1) is 13.0.